The van der Waals surface area contributed by atoms with Crippen molar-refractivity contribution in [2.45, 2.75) is 110 Å². The van der Waals surface area contributed by atoms with Crippen LogP contribution >= 0.6 is 15.9 Å². The Bertz CT molecular complexity index is 2150. The Morgan fingerprint density at radius 2 is 0.667 bits per heavy atom. The summed E-state index contributed by atoms with van der Waals surface area (Å²) in [4.78, 5) is 66.9. The minimum atomic E-state index is 0.139. The molecule has 3 amide bonds. The monoisotopic (exact) mass is 1060 g/mol. The highest BCUT2D eigenvalue weighted by atomic mass is 79.9. The van der Waals surface area contributed by atoms with Gasteiger partial charge in [-0.3, -0.25) is 44.1 Å². The van der Waals surface area contributed by atoms with E-state index in [1.807, 2.05) is 63.2 Å². The quantitative estimate of drug-likeness (QED) is 0.197. The molecule has 72 heavy (non-hydrogen) atoms. The third-order valence-corrected chi connectivity index (χ3v) is 13.8. The van der Waals surface area contributed by atoms with E-state index in [0.717, 1.165) is 134 Å². The van der Waals surface area contributed by atoms with Crippen molar-refractivity contribution in [2.24, 2.45) is 0 Å². The van der Waals surface area contributed by atoms with Crippen molar-refractivity contribution in [3.63, 3.8) is 0 Å². The molecular formula is C53H74BrN11O7. The number of pyridine rings is 4. The Morgan fingerprint density at radius 3 is 0.931 bits per heavy atom. The number of likely N-dealkylation sites (tertiary alicyclic amines) is 3. The summed E-state index contributed by atoms with van der Waals surface area (Å²) in [6, 6.07) is 15.5. The maximum atomic E-state index is 13.3. The van der Waals surface area contributed by atoms with Gasteiger partial charge in [0.2, 0.25) is 17.7 Å². The smallest absolute Gasteiger partial charge is 0.236 e. The molecule has 18 nitrogen and oxygen atoms in total. The molecule has 0 atom stereocenters. The van der Waals surface area contributed by atoms with Crippen molar-refractivity contribution in [1.29, 1.82) is 0 Å². The minimum absolute atomic E-state index is 0.139. The van der Waals surface area contributed by atoms with E-state index in [0.29, 0.717) is 70.8 Å². The molecule has 9 rings (SSSR count). The summed E-state index contributed by atoms with van der Waals surface area (Å²) < 4.78 is 22.0. The molecule has 0 aromatic carbocycles. The van der Waals surface area contributed by atoms with E-state index in [-0.39, 0.29) is 17.7 Å². The number of aromatic nitrogens is 4. The van der Waals surface area contributed by atoms with Crippen molar-refractivity contribution in [3.05, 3.63) is 94.1 Å². The summed E-state index contributed by atoms with van der Waals surface area (Å²) >= 11 is 3.16. The van der Waals surface area contributed by atoms with Gasteiger partial charge in [0.25, 0.3) is 0 Å². The Balaban J connectivity index is 0.000000197. The summed E-state index contributed by atoms with van der Waals surface area (Å²) in [5.74, 6) is 3.62. The molecule has 0 unspecified atom stereocenters. The zero-order valence-electron chi connectivity index (χ0n) is 42.8. The predicted octanol–water partition coefficient (Wildman–Crippen LogP) is 5.62. The maximum absolute atomic E-state index is 13.3. The first-order chi connectivity index (χ1) is 35.1. The van der Waals surface area contributed by atoms with Gasteiger partial charge in [-0.25, -0.2) is 0 Å². The third kappa shape index (κ3) is 16.8. The second-order valence-corrected chi connectivity index (χ2v) is 19.5. The lowest BCUT2D eigenvalue weighted by atomic mass is 10.1. The van der Waals surface area contributed by atoms with Crippen molar-refractivity contribution in [2.75, 3.05) is 86.1 Å². The number of nitrogens with one attached hydrogen (secondary N) is 2. The lowest BCUT2D eigenvalue weighted by Crippen LogP contribution is -2.43. The highest BCUT2D eigenvalue weighted by Gasteiger charge is 2.25. The first-order valence-corrected chi connectivity index (χ1v) is 26.6. The number of amides is 3. The summed E-state index contributed by atoms with van der Waals surface area (Å²) in [6.45, 7) is 10.4. The summed E-state index contributed by atoms with van der Waals surface area (Å²) in [5, 5.41) is 7.21. The fourth-order valence-corrected chi connectivity index (χ4v) is 9.97. The maximum Gasteiger partial charge on any atom is 0.236 e. The second-order valence-electron chi connectivity index (χ2n) is 18.9. The van der Waals surface area contributed by atoms with Crippen molar-refractivity contribution in [1.82, 2.24) is 55.1 Å². The molecule has 0 aliphatic carbocycles. The number of alkyl halides is 1. The molecule has 3 saturated heterocycles. The van der Waals surface area contributed by atoms with Crippen LogP contribution in [0.25, 0.3) is 0 Å². The number of nitrogens with zero attached hydrogens (tertiary/aromatic N) is 9. The first-order valence-electron chi connectivity index (χ1n) is 25.5. The van der Waals surface area contributed by atoms with Crippen LogP contribution in [0.1, 0.15) is 103 Å². The zero-order chi connectivity index (χ0) is 50.7. The van der Waals surface area contributed by atoms with Crippen LogP contribution in [0, 0.1) is 0 Å². The molecular weight excluding hydrogens is 983 g/mol. The number of fused-ring (bicyclic) bond motifs is 8. The number of piperidine rings is 3. The van der Waals surface area contributed by atoms with Crippen molar-refractivity contribution < 1.29 is 33.3 Å². The van der Waals surface area contributed by atoms with Crippen LogP contribution in [-0.4, -0.2) is 148 Å². The number of halogens is 1. The minimum Gasteiger partial charge on any atom is -0.497 e. The number of hydrogen-bond acceptors (Lipinski definition) is 15. The van der Waals surface area contributed by atoms with Gasteiger partial charge in [-0.05, 0) is 57.8 Å². The van der Waals surface area contributed by atoms with Gasteiger partial charge in [-0.15, -0.1) is 0 Å². The summed E-state index contributed by atoms with van der Waals surface area (Å²) in [6.07, 6.45) is 10.2. The van der Waals surface area contributed by atoms with E-state index >= 15 is 0 Å². The van der Waals surface area contributed by atoms with Gasteiger partial charge in [0.15, 0.2) is 0 Å². The highest BCUT2D eigenvalue weighted by Crippen LogP contribution is 2.24. The van der Waals surface area contributed by atoms with Gasteiger partial charge in [0.05, 0.1) is 92.4 Å². The third-order valence-electron chi connectivity index (χ3n) is 13.3. The number of carbonyl (C=O) groups excluding carboxylic acids is 3. The molecule has 3 fully saturated rings. The van der Waals surface area contributed by atoms with E-state index in [2.05, 4.69) is 46.3 Å². The molecule has 4 aromatic heterocycles. The largest absolute Gasteiger partial charge is 0.497 e. The van der Waals surface area contributed by atoms with E-state index in [9.17, 15) is 14.4 Å². The molecule has 9 heterocycles. The Labute approximate surface area is 433 Å². The van der Waals surface area contributed by atoms with Gasteiger partial charge in [0, 0.05) is 140 Å². The van der Waals surface area contributed by atoms with Gasteiger partial charge < -0.3 is 44.3 Å². The number of carbonyl (C=O) groups is 3. The summed E-state index contributed by atoms with van der Waals surface area (Å²) in [7, 11) is 6.66. The fourth-order valence-electron chi connectivity index (χ4n) is 9.62. The van der Waals surface area contributed by atoms with E-state index in [1.165, 1.54) is 32.1 Å². The van der Waals surface area contributed by atoms with Gasteiger partial charge in [0.1, 0.15) is 23.0 Å². The highest BCUT2D eigenvalue weighted by molar-refractivity contribution is 9.09. The topological polar surface area (TPSA) is 180 Å². The average Bonchev–Trinajstić information content (AvgIpc) is 3.40. The molecule has 5 aliphatic rings. The van der Waals surface area contributed by atoms with Gasteiger partial charge in [-0.1, -0.05) is 15.9 Å². The fraction of sp³-hybridized carbons (Fsp3) is 0.566. The van der Waals surface area contributed by atoms with Crippen LogP contribution in [0.2, 0.25) is 0 Å². The Morgan fingerprint density at radius 1 is 0.417 bits per heavy atom. The number of rotatable bonds is 9. The van der Waals surface area contributed by atoms with Crippen LogP contribution in [0.4, 0.5) is 0 Å². The molecule has 2 N–H and O–H groups in total. The van der Waals surface area contributed by atoms with Crippen LogP contribution in [0.15, 0.2) is 48.5 Å². The summed E-state index contributed by atoms with van der Waals surface area (Å²) in [5.41, 5.74) is 7.14. The molecule has 19 heteroatoms. The van der Waals surface area contributed by atoms with E-state index in [1.54, 1.807) is 28.4 Å². The molecule has 0 saturated carbocycles. The number of hydrogen-bond donors (Lipinski definition) is 2. The van der Waals surface area contributed by atoms with Gasteiger partial charge >= 0.3 is 0 Å². The van der Waals surface area contributed by atoms with Crippen LogP contribution in [-0.2, 0) is 66.7 Å². The first kappa shape index (κ1) is 54.3. The molecule has 8 bridgehead atoms. The lowest BCUT2D eigenvalue weighted by molar-refractivity contribution is -0.134. The Kier molecular flexibility index (Phi) is 21.2. The molecule has 4 aromatic rings. The lowest BCUT2D eigenvalue weighted by Gasteiger charge is -2.31. The number of ether oxygens (including phenoxy) is 4. The van der Waals surface area contributed by atoms with Crippen molar-refractivity contribution in [3.8, 4) is 23.0 Å². The predicted molar refractivity (Wildman–Crippen MR) is 278 cm³/mol. The second kappa shape index (κ2) is 28.1. The van der Waals surface area contributed by atoms with Crippen LogP contribution in [0.3, 0.4) is 0 Å². The normalized spacial score (nSPS) is 17.7. The molecule has 5 aliphatic heterocycles. The van der Waals surface area contributed by atoms with Crippen LogP contribution in [0.5, 0.6) is 23.0 Å². The van der Waals surface area contributed by atoms with E-state index in [4.69, 9.17) is 28.9 Å². The molecule has 0 radical (unpaired) electrons. The standard InChI is InChI=1S/C30H42N6O4.C16H20N4O2.C7H12BrNO/c1-39-27-13-23-17-33(21-29(37)35-9-5-3-6-10-35)19-25-15-28(40-2)16-26(32-25)20-34(18-24(14-27)31-23)22-30(38)36-11-7-4-8-12-36;1-21-15-3-11-7-17-9-13-5-16(22-2)6-14(20-13)10-18-8-12(4-15)19-11;8-6-7(10)9-4-2-1-3-5-9/h13-16H,3-12,17-22H2,1-2H3;3-6,17-18H,7-10H2,1-2H3;1-6H2. The molecule has 0 spiro atoms. The van der Waals surface area contributed by atoms with E-state index < -0.39 is 0 Å². The SMILES string of the molecule is COc1cc2nc(c1)CN(CC(=O)N1CCCCC1)Cc1cc(OC)cc(n1)CN(CC(=O)N1CCCCC1)C2.COc1cc2nc(c1)CNCc1cc(OC)cc(n1)CNC2.O=C(CBr)N1CCCCC1. The van der Waals surface area contributed by atoms with Crippen LogP contribution < -0.4 is 29.6 Å². The Hall–Kier alpha value is -5.47. The average molecular weight is 1060 g/mol. The van der Waals surface area contributed by atoms with Gasteiger partial charge in [-0.2, -0.15) is 0 Å². The molecule has 390 valence electrons. The van der Waals surface area contributed by atoms with Crippen molar-refractivity contribution >= 4 is 33.7 Å². The number of methoxy groups -OCH3 is 4. The zero-order valence-corrected chi connectivity index (χ0v) is 44.4.